The molecule has 1 amide bonds. The first-order chi connectivity index (χ1) is 13.8. The molecule has 3 heterocycles. The van der Waals surface area contributed by atoms with E-state index in [1.807, 2.05) is 46.1 Å². The summed E-state index contributed by atoms with van der Waals surface area (Å²) in [5.41, 5.74) is 2.04. The maximum absolute atomic E-state index is 12.3. The normalized spacial score (nSPS) is 19.1. The van der Waals surface area contributed by atoms with Gasteiger partial charge in [0.25, 0.3) is 0 Å². The Bertz CT molecular complexity index is 749. The van der Waals surface area contributed by atoms with Crippen LogP contribution in [0.3, 0.4) is 0 Å². The maximum atomic E-state index is 12.3. The second-order valence-corrected chi connectivity index (χ2v) is 7.74. The second-order valence-electron chi connectivity index (χ2n) is 7.74. The van der Waals surface area contributed by atoms with Crippen LogP contribution in [0.5, 0.6) is 0 Å². The smallest absolute Gasteiger partial charge is 0.222 e. The van der Waals surface area contributed by atoms with E-state index in [2.05, 4.69) is 15.2 Å². The lowest BCUT2D eigenvalue weighted by Gasteiger charge is -2.32. The van der Waals surface area contributed by atoms with Crippen LogP contribution in [0.15, 0.2) is 36.5 Å². The van der Waals surface area contributed by atoms with Crippen LogP contribution in [0.2, 0.25) is 0 Å². The number of aromatic nitrogens is 3. The SMILES string of the molecule is O=C(CCC1CCN(Cc2cn(-c3ccccc3)nn2)CC1)N1CCOCC1. The fourth-order valence-electron chi connectivity index (χ4n) is 4.04. The Morgan fingerprint density at radius 2 is 1.82 bits per heavy atom. The Kier molecular flexibility index (Phi) is 6.34. The van der Waals surface area contributed by atoms with Crippen molar-refractivity contribution >= 4 is 5.91 Å². The molecule has 0 bridgehead atoms. The summed E-state index contributed by atoms with van der Waals surface area (Å²) in [4.78, 5) is 16.7. The van der Waals surface area contributed by atoms with Gasteiger partial charge in [-0.2, -0.15) is 0 Å². The van der Waals surface area contributed by atoms with Crippen molar-refractivity contribution in [3.63, 3.8) is 0 Å². The highest BCUT2D eigenvalue weighted by atomic mass is 16.5. The van der Waals surface area contributed by atoms with Gasteiger partial charge in [0.15, 0.2) is 0 Å². The summed E-state index contributed by atoms with van der Waals surface area (Å²) in [6.45, 7) is 5.83. The van der Waals surface area contributed by atoms with Gasteiger partial charge in [0.1, 0.15) is 0 Å². The number of ether oxygens (including phenoxy) is 1. The molecular formula is C21H29N5O2. The molecule has 2 saturated heterocycles. The third kappa shape index (κ3) is 4.97. The topological polar surface area (TPSA) is 63.5 Å². The van der Waals surface area contributed by atoms with Crippen LogP contribution in [-0.2, 0) is 16.1 Å². The summed E-state index contributed by atoms with van der Waals surface area (Å²) in [7, 11) is 0. The van der Waals surface area contributed by atoms with Gasteiger partial charge in [0, 0.05) is 26.1 Å². The van der Waals surface area contributed by atoms with Crippen molar-refractivity contribution in [1.82, 2.24) is 24.8 Å². The summed E-state index contributed by atoms with van der Waals surface area (Å²) >= 11 is 0. The number of para-hydroxylation sites is 1. The van der Waals surface area contributed by atoms with Crippen molar-refractivity contribution in [3.8, 4) is 5.69 Å². The Morgan fingerprint density at radius 1 is 1.07 bits per heavy atom. The summed E-state index contributed by atoms with van der Waals surface area (Å²) in [6, 6.07) is 10.1. The molecular weight excluding hydrogens is 354 g/mol. The fraction of sp³-hybridized carbons (Fsp3) is 0.571. The average Bonchev–Trinajstić information content (AvgIpc) is 3.23. The molecule has 2 aromatic rings. The van der Waals surface area contributed by atoms with Crippen LogP contribution in [-0.4, -0.2) is 70.1 Å². The molecule has 0 N–H and O–H groups in total. The third-order valence-electron chi connectivity index (χ3n) is 5.78. The first-order valence-corrected chi connectivity index (χ1v) is 10.3. The number of amides is 1. The molecule has 2 fully saturated rings. The van der Waals surface area contributed by atoms with Crippen LogP contribution in [0.1, 0.15) is 31.4 Å². The highest BCUT2D eigenvalue weighted by molar-refractivity contribution is 5.76. The van der Waals surface area contributed by atoms with Crippen LogP contribution in [0, 0.1) is 5.92 Å². The minimum Gasteiger partial charge on any atom is -0.378 e. The van der Waals surface area contributed by atoms with Crippen LogP contribution in [0.25, 0.3) is 5.69 Å². The van der Waals surface area contributed by atoms with Crippen LogP contribution < -0.4 is 0 Å². The molecule has 7 heteroatoms. The molecule has 2 aliphatic heterocycles. The van der Waals surface area contributed by atoms with E-state index in [-0.39, 0.29) is 0 Å². The van der Waals surface area contributed by atoms with Crippen molar-refractivity contribution in [2.75, 3.05) is 39.4 Å². The Labute approximate surface area is 166 Å². The number of carbonyl (C=O) groups is 1. The minimum absolute atomic E-state index is 0.295. The van der Waals surface area contributed by atoms with Gasteiger partial charge in [-0.3, -0.25) is 9.69 Å². The number of nitrogens with zero attached hydrogens (tertiary/aromatic N) is 5. The van der Waals surface area contributed by atoms with Crippen molar-refractivity contribution in [2.45, 2.75) is 32.2 Å². The third-order valence-corrected chi connectivity index (χ3v) is 5.78. The van der Waals surface area contributed by atoms with E-state index >= 15 is 0 Å². The molecule has 2 aliphatic rings. The molecule has 0 saturated carbocycles. The van der Waals surface area contributed by atoms with Gasteiger partial charge >= 0.3 is 0 Å². The van der Waals surface area contributed by atoms with Gasteiger partial charge in [0.2, 0.25) is 5.91 Å². The lowest BCUT2D eigenvalue weighted by Crippen LogP contribution is -2.41. The Balaban J connectivity index is 1.19. The number of hydrogen-bond donors (Lipinski definition) is 0. The van der Waals surface area contributed by atoms with Gasteiger partial charge in [-0.15, -0.1) is 5.10 Å². The lowest BCUT2D eigenvalue weighted by molar-refractivity contribution is -0.135. The zero-order valence-corrected chi connectivity index (χ0v) is 16.4. The van der Waals surface area contributed by atoms with Crippen LogP contribution >= 0.6 is 0 Å². The number of benzene rings is 1. The molecule has 7 nitrogen and oxygen atoms in total. The van der Waals surface area contributed by atoms with E-state index in [0.717, 1.165) is 63.4 Å². The molecule has 1 aromatic heterocycles. The highest BCUT2D eigenvalue weighted by Crippen LogP contribution is 2.23. The largest absolute Gasteiger partial charge is 0.378 e. The molecule has 0 radical (unpaired) electrons. The Morgan fingerprint density at radius 3 is 2.57 bits per heavy atom. The van der Waals surface area contributed by atoms with E-state index in [0.29, 0.717) is 31.5 Å². The molecule has 0 aliphatic carbocycles. The number of rotatable bonds is 6. The Hall–Kier alpha value is -2.25. The van der Waals surface area contributed by atoms with E-state index in [1.165, 1.54) is 0 Å². The minimum atomic E-state index is 0.295. The van der Waals surface area contributed by atoms with E-state index in [4.69, 9.17) is 4.74 Å². The zero-order valence-electron chi connectivity index (χ0n) is 16.4. The molecule has 1 aromatic carbocycles. The lowest BCUT2D eigenvalue weighted by atomic mass is 9.92. The monoisotopic (exact) mass is 383 g/mol. The van der Waals surface area contributed by atoms with Crippen molar-refractivity contribution in [2.24, 2.45) is 5.92 Å². The van der Waals surface area contributed by atoms with E-state index in [9.17, 15) is 4.79 Å². The first-order valence-electron chi connectivity index (χ1n) is 10.3. The molecule has 4 rings (SSSR count). The highest BCUT2D eigenvalue weighted by Gasteiger charge is 2.23. The van der Waals surface area contributed by atoms with Crippen LogP contribution in [0.4, 0.5) is 0 Å². The first kappa shape index (κ1) is 19.1. The number of carbonyl (C=O) groups excluding carboxylic acids is 1. The van der Waals surface area contributed by atoms with E-state index < -0.39 is 0 Å². The summed E-state index contributed by atoms with van der Waals surface area (Å²) in [5, 5.41) is 8.58. The van der Waals surface area contributed by atoms with Gasteiger partial charge in [-0.25, -0.2) is 4.68 Å². The summed E-state index contributed by atoms with van der Waals surface area (Å²) in [5.74, 6) is 0.949. The quantitative estimate of drug-likeness (QED) is 0.765. The number of likely N-dealkylation sites (tertiary alicyclic amines) is 1. The number of piperidine rings is 1. The molecule has 0 atom stereocenters. The standard InChI is InChI=1S/C21H29N5O2/c27-21(25-12-14-28-15-13-25)7-6-18-8-10-24(11-9-18)16-19-17-26(23-22-19)20-4-2-1-3-5-20/h1-5,17-18H,6-16H2. The van der Waals surface area contributed by atoms with Gasteiger partial charge < -0.3 is 9.64 Å². The molecule has 0 spiro atoms. The predicted octanol–water partition coefficient (Wildman–Crippen LogP) is 2.12. The molecule has 0 unspecified atom stereocenters. The van der Waals surface area contributed by atoms with Crippen molar-refractivity contribution in [1.29, 1.82) is 0 Å². The van der Waals surface area contributed by atoms with Gasteiger partial charge in [-0.05, 0) is 50.4 Å². The van der Waals surface area contributed by atoms with Gasteiger partial charge in [-0.1, -0.05) is 23.4 Å². The number of hydrogen-bond acceptors (Lipinski definition) is 5. The van der Waals surface area contributed by atoms with Crippen molar-refractivity contribution < 1.29 is 9.53 Å². The molecule has 28 heavy (non-hydrogen) atoms. The van der Waals surface area contributed by atoms with Crippen molar-refractivity contribution in [3.05, 3.63) is 42.2 Å². The zero-order chi connectivity index (χ0) is 19.2. The predicted molar refractivity (Wildman–Crippen MR) is 106 cm³/mol. The van der Waals surface area contributed by atoms with E-state index in [1.54, 1.807) is 0 Å². The number of morpholine rings is 1. The second kappa shape index (κ2) is 9.30. The van der Waals surface area contributed by atoms with Gasteiger partial charge in [0.05, 0.1) is 30.8 Å². The fourth-order valence-corrected chi connectivity index (χ4v) is 4.04. The summed E-state index contributed by atoms with van der Waals surface area (Å²) in [6.07, 6.45) is 6.01. The summed E-state index contributed by atoms with van der Waals surface area (Å²) < 4.78 is 7.15. The molecule has 150 valence electrons. The average molecular weight is 383 g/mol. The maximum Gasteiger partial charge on any atom is 0.222 e.